The fourth-order valence-electron chi connectivity index (χ4n) is 2.42. The minimum absolute atomic E-state index is 0.0611. The van der Waals surface area contributed by atoms with Crippen molar-refractivity contribution in [3.8, 4) is 0 Å². The lowest BCUT2D eigenvalue weighted by Gasteiger charge is -2.33. The highest BCUT2D eigenvalue weighted by atomic mass is 16.6. The van der Waals surface area contributed by atoms with Crippen LogP contribution in [0.15, 0.2) is 6.20 Å². The summed E-state index contributed by atoms with van der Waals surface area (Å²) in [4.78, 5) is 21.6. The van der Waals surface area contributed by atoms with Crippen molar-refractivity contribution in [2.75, 3.05) is 37.8 Å². The predicted molar refractivity (Wildman–Crippen MR) is 71.1 cm³/mol. The average molecular weight is 267 g/mol. The summed E-state index contributed by atoms with van der Waals surface area (Å²) in [6.45, 7) is 2.12. The van der Waals surface area contributed by atoms with Crippen LogP contribution < -0.4 is 15.5 Å². The molecule has 0 spiro atoms. The van der Waals surface area contributed by atoms with Crippen LogP contribution in [-0.4, -0.2) is 48.1 Å². The second kappa shape index (κ2) is 5.35. The molecule has 2 rings (SSSR count). The van der Waals surface area contributed by atoms with E-state index in [4.69, 9.17) is 5.73 Å². The van der Waals surface area contributed by atoms with Gasteiger partial charge in [-0.1, -0.05) is 0 Å². The lowest BCUT2D eigenvalue weighted by Crippen LogP contribution is -3.10. The zero-order chi connectivity index (χ0) is 14.0. The average Bonchev–Trinajstić information content (AvgIpc) is 2.38. The van der Waals surface area contributed by atoms with Gasteiger partial charge in [-0.15, -0.1) is 0 Å². The quantitative estimate of drug-likeness (QED) is 0.542. The maximum absolute atomic E-state index is 11.0. The van der Waals surface area contributed by atoms with E-state index in [0.29, 0.717) is 5.82 Å². The highest BCUT2D eigenvalue weighted by molar-refractivity contribution is 5.58. The summed E-state index contributed by atoms with van der Waals surface area (Å²) in [7, 11) is 3.99. The number of rotatable bonds is 3. The van der Waals surface area contributed by atoms with Crippen molar-refractivity contribution in [3.63, 3.8) is 0 Å². The van der Waals surface area contributed by atoms with Crippen LogP contribution in [0.5, 0.6) is 0 Å². The zero-order valence-corrected chi connectivity index (χ0v) is 11.2. The number of likely N-dealkylation sites (tertiary alicyclic amines) is 1. The van der Waals surface area contributed by atoms with Gasteiger partial charge in [-0.05, 0) is 0 Å². The molecule has 3 N–H and O–H groups in total. The number of nitrogens with zero attached hydrogens (tertiary/aromatic N) is 4. The summed E-state index contributed by atoms with van der Waals surface area (Å²) in [6, 6.07) is 0.261. The van der Waals surface area contributed by atoms with Gasteiger partial charge in [0.15, 0.2) is 0 Å². The molecular formula is C11H19N6O2+. The Kier molecular flexibility index (Phi) is 3.79. The molecule has 0 atom stereocenters. The number of nitrogens with one attached hydrogen (secondary N) is 1. The van der Waals surface area contributed by atoms with Crippen LogP contribution in [-0.2, 0) is 0 Å². The summed E-state index contributed by atoms with van der Waals surface area (Å²) in [5, 5.41) is 11.0. The third-order valence-corrected chi connectivity index (χ3v) is 3.66. The topological polar surface area (TPSA) is 103 Å². The van der Waals surface area contributed by atoms with E-state index in [0.717, 1.165) is 25.9 Å². The van der Waals surface area contributed by atoms with Crippen molar-refractivity contribution in [1.82, 2.24) is 9.97 Å². The first-order chi connectivity index (χ1) is 8.99. The van der Waals surface area contributed by atoms with Gasteiger partial charge in [0.1, 0.15) is 6.20 Å². The van der Waals surface area contributed by atoms with Gasteiger partial charge in [0.05, 0.1) is 25.1 Å². The fraction of sp³-hybridized carbons (Fsp3) is 0.636. The minimum atomic E-state index is -0.467. The molecule has 1 aromatic heterocycles. The summed E-state index contributed by atoms with van der Waals surface area (Å²) < 4.78 is 0. The monoisotopic (exact) mass is 267 g/mol. The van der Waals surface area contributed by atoms with E-state index in [1.165, 1.54) is 11.1 Å². The molecule has 1 aromatic rings. The lowest BCUT2D eigenvalue weighted by atomic mass is 10.0. The standard InChI is InChI=1S/C11H18N6O2/c1-15-5-3-8(4-6-15)16(2)10-9(17(18)19)7-13-11(12)14-10/h7-8H,3-6H2,1-2H3,(H2,12,13,14)/p+1. The molecular weight excluding hydrogens is 248 g/mol. The van der Waals surface area contributed by atoms with Crippen molar-refractivity contribution in [1.29, 1.82) is 0 Å². The third-order valence-electron chi connectivity index (χ3n) is 3.66. The minimum Gasteiger partial charge on any atom is -0.368 e. The molecule has 1 fully saturated rings. The van der Waals surface area contributed by atoms with Crippen molar-refractivity contribution in [2.24, 2.45) is 0 Å². The van der Waals surface area contributed by atoms with Crippen LogP contribution in [0, 0.1) is 10.1 Å². The van der Waals surface area contributed by atoms with Gasteiger partial charge in [-0.3, -0.25) is 10.1 Å². The highest BCUT2D eigenvalue weighted by Crippen LogP contribution is 2.27. The van der Waals surface area contributed by atoms with Gasteiger partial charge in [0.25, 0.3) is 0 Å². The number of anilines is 2. The van der Waals surface area contributed by atoms with E-state index in [1.807, 2.05) is 11.9 Å². The second-order valence-electron chi connectivity index (χ2n) is 4.99. The van der Waals surface area contributed by atoms with Crippen molar-refractivity contribution >= 4 is 17.5 Å². The molecule has 0 aromatic carbocycles. The molecule has 0 unspecified atom stereocenters. The maximum atomic E-state index is 11.0. The second-order valence-corrected chi connectivity index (χ2v) is 4.99. The number of piperidine rings is 1. The van der Waals surface area contributed by atoms with Gasteiger partial charge in [-0.25, -0.2) is 4.98 Å². The van der Waals surface area contributed by atoms with Crippen LogP contribution in [0.2, 0.25) is 0 Å². The number of aromatic nitrogens is 2. The van der Waals surface area contributed by atoms with Crippen LogP contribution in [0.25, 0.3) is 0 Å². The maximum Gasteiger partial charge on any atom is 0.329 e. The van der Waals surface area contributed by atoms with E-state index in [1.54, 1.807) is 0 Å². The van der Waals surface area contributed by atoms with Crippen molar-refractivity contribution in [2.45, 2.75) is 18.9 Å². The molecule has 0 radical (unpaired) electrons. The molecule has 2 heterocycles. The van der Waals surface area contributed by atoms with Crippen LogP contribution >= 0.6 is 0 Å². The van der Waals surface area contributed by atoms with E-state index in [9.17, 15) is 10.1 Å². The van der Waals surface area contributed by atoms with Crippen LogP contribution in [0.3, 0.4) is 0 Å². The lowest BCUT2D eigenvalue weighted by molar-refractivity contribution is -0.884. The molecule has 19 heavy (non-hydrogen) atoms. The molecule has 104 valence electrons. The van der Waals surface area contributed by atoms with Gasteiger partial charge >= 0.3 is 5.69 Å². The molecule has 1 saturated heterocycles. The van der Waals surface area contributed by atoms with Gasteiger partial charge in [0, 0.05) is 25.9 Å². The summed E-state index contributed by atoms with van der Waals surface area (Å²) in [6.07, 6.45) is 3.15. The molecule has 0 aliphatic carbocycles. The largest absolute Gasteiger partial charge is 0.368 e. The molecule has 8 heteroatoms. The Morgan fingerprint density at radius 2 is 2.16 bits per heavy atom. The smallest absolute Gasteiger partial charge is 0.329 e. The van der Waals surface area contributed by atoms with Crippen molar-refractivity contribution < 1.29 is 9.82 Å². The Hall–Kier alpha value is -1.96. The molecule has 1 aliphatic heterocycles. The number of hydrogen-bond donors (Lipinski definition) is 2. The molecule has 8 nitrogen and oxygen atoms in total. The Labute approximate surface area is 111 Å². The van der Waals surface area contributed by atoms with Crippen LogP contribution in [0.4, 0.5) is 17.5 Å². The Bertz CT molecular complexity index is 472. The third kappa shape index (κ3) is 2.90. The number of quaternary nitrogens is 1. The molecule has 0 bridgehead atoms. The summed E-state index contributed by atoms with van der Waals surface area (Å²) >= 11 is 0. The fourth-order valence-corrected chi connectivity index (χ4v) is 2.42. The Balaban J connectivity index is 2.25. The Morgan fingerprint density at radius 1 is 1.53 bits per heavy atom. The zero-order valence-electron chi connectivity index (χ0n) is 11.2. The van der Waals surface area contributed by atoms with E-state index in [2.05, 4.69) is 17.0 Å². The van der Waals surface area contributed by atoms with Gasteiger partial charge < -0.3 is 15.5 Å². The summed E-state index contributed by atoms with van der Waals surface area (Å²) in [5.74, 6) is 0.369. The number of nitro groups is 1. The summed E-state index contributed by atoms with van der Waals surface area (Å²) in [5.41, 5.74) is 5.45. The van der Waals surface area contributed by atoms with Crippen molar-refractivity contribution in [3.05, 3.63) is 16.3 Å². The van der Waals surface area contributed by atoms with Gasteiger partial charge in [-0.2, -0.15) is 4.98 Å². The van der Waals surface area contributed by atoms with E-state index >= 15 is 0 Å². The molecule has 0 amide bonds. The number of nitrogens with two attached hydrogens (primary N) is 1. The molecule has 0 saturated carbocycles. The SMILES string of the molecule is CN(c1nc(N)ncc1[N+](=O)[O-])C1CC[NH+](C)CC1. The first-order valence-corrected chi connectivity index (χ1v) is 6.30. The van der Waals surface area contributed by atoms with E-state index in [-0.39, 0.29) is 17.7 Å². The normalized spacial score (nSPS) is 23.1. The van der Waals surface area contributed by atoms with E-state index < -0.39 is 4.92 Å². The highest BCUT2D eigenvalue weighted by Gasteiger charge is 2.28. The number of hydrogen-bond acceptors (Lipinski definition) is 6. The van der Waals surface area contributed by atoms with Crippen LogP contribution in [0.1, 0.15) is 12.8 Å². The van der Waals surface area contributed by atoms with Gasteiger partial charge in [0.2, 0.25) is 11.8 Å². The number of nitrogen functional groups attached to an aromatic ring is 1. The predicted octanol–water partition coefficient (Wildman–Crippen LogP) is -0.920. The first kappa shape index (κ1) is 13.5. The first-order valence-electron chi connectivity index (χ1n) is 6.30. The Morgan fingerprint density at radius 3 is 2.74 bits per heavy atom. The molecule has 1 aliphatic rings.